The Bertz CT molecular complexity index is 1250. The molecule has 0 bridgehead atoms. The number of nitrogens with one attached hydrogen (secondary N) is 1. The van der Waals surface area contributed by atoms with Crippen LogP contribution in [0.5, 0.6) is 5.75 Å². The van der Waals surface area contributed by atoms with Gasteiger partial charge in [0.05, 0.1) is 17.0 Å². The fourth-order valence-electron chi connectivity index (χ4n) is 3.07. The van der Waals surface area contributed by atoms with E-state index in [0.717, 1.165) is 11.1 Å². The Labute approximate surface area is 187 Å². The Hall–Kier alpha value is -3.91. The van der Waals surface area contributed by atoms with E-state index in [1.165, 1.54) is 23.9 Å². The van der Waals surface area contributed by atoms with Crippen LogP contribution in [0, 0.1) is 5.82 Å². The van der Waals surface area contributed by atoms with E-state index in [1.54, 1.807) is 36.4 Å². The number of hydrogen-bond donors (Lipinski definition) is 3. The molecule has 0 aliphatic carbocycles. The normalized spacial score (nSPS) is 15.8. The zero-order valence-corrected chi connectivity index (χ0v) is 17.4. The molecule has 6 nitrogen and oxygen atoms in total. The van der Waals surface area contributed by atoms with Crippen LogP contribution in [0.3, 0.4) is 0 Å². The second kappa shape index (κ2) is 9.07. The van der Waals surface area contributed by atoms with Gasteiger partial charge in [-0.3, -0.25) is 9.59 Å². The zero-order valence-electron chi connectivity index (χ0n) is 16.6. The highest BCUT2D eigenvalue weighted by atomic mass is 32.2. The van der Waals surface area contributed by atoms with Crippen molar-refractivity contribution in [3.63, 3.8) is 0 Å². The van der Waals surface area contributed by atoms with Gasteiger partial charge in [0.1, 0.15) is 0 Å². The summed E-state index contributed by atoms with van der Waals surface area (Å²) in [7, 11) is 0. The third kappa shape index (κ3) is 5.04. The molecule has 4 rings (SSSR count). The van der Waals surface area contributed by atoms with Gasteiger partial charge in [-0.15, -0.1) is 0 Å². The number of rotatable bonds is 5. The van der Waals surface area contributed by atoms with E-state index in [2.05, 4.69) is 10.3 Å². The second-order valence-corrected chi connectivity index (χ2v) is 8.04. The molecule has 8 heteroatoms. The number of phenolic OH excluding ortho intramolecular Hbond substituents is 1. The Kier molecular flexibility index (Phi) is 6.04. The molecule has 0 unspecified atom stereocenters. The van der Waals surface area contributed by atoms with Crippen molar-refractivity contribution in [3.8, 4) is 16.9 Å². The molecule has 3 aromatic carbocycles. The van der Waals surface area contributed by atoms with Gasteiger partial charge in [-0.25, -0.2) is 9.38 Å². The summed E-state index contributed by atoms with van der Waals surface area (Å²) >= 11 is 1.21. The SMILES string of the molecule is O=C(O)Cc1ccc(N=C2NC(=O)/C(=C\c3ccc(-c4ccc(O)c(F)c4)cc3)S2)cc1. The number of amides is 1. The number of carbonyl (C=O) groups is 2. The molecule has 0 saturated carbocycles. The summed E-state index contributed by atoms with van der Waals surface area (Å²) in [6, 6.07) is 18.2. The summed E-state index contributed by atoms with van der Waals surface area (Å²) in [5.74, 6) is -2.24. The minimum atomic E-state index is -0.902. The fourth-order valence-corrected chi connectivity index (χ4v) is 3.91. The molecule has 160 valence electrons. The lowest BCUT2D eigenvalue weighted by atomic mass is 10.0. The molecule has 32 heavy (non-hydrogen) atoms. The van der Waals surface area contributed by atoms with Crippen LogP contribution in [-0.4, -0.2) is 27.3 Å². The Morgan fingerprint density at radius 2 is 1.72 bits per heavy atom. The maximum Gasteiger partial charge on any atom is 0.307 e. The molecule has 1 aliphatic rings. The predicted octanol–water partition coefficient (Wildman–Crippen LogP) is 4.72. The number of carboxylic acid groups (broad SMARTS) is 1. The number of aliphatic imine (C=N–C) groups is 1. The lowest BCUT2D eigenvalue weighted by molar-refractivity contribution is -0.136. The predicted molar refractivity (Wildman–Crippen MR) is 122 cm³/mol. The topological polar surface area (TPSA) is 99.0 Å². The van der Waals surface area contributed by atoms with Crippen molar-refractivity contribution in [2.24, 2.45) is 4.99 Å². The average Bonchev–Trinajstić information content (AvgIpc) is 3.10. The standard InChI is InChI=1S/C24H17FN2O4S/c25-19-13-17(7-10-20(19)28)16-5-1-14(2-6-16)11-21-23(31)27-24(32-21)26-18-8-3-15(4-9-18)12-22(29)30/h1-11,13,28H,12H2,(H,29,30)(H,26,27,31)/b21-11+. The van der Waals surface area contributed by atoms with E-state index in [1.807, 2.05) is 24.3 Å². The summed E-state index contributed by atoms with van der Waals surface area (Å²) in [6.07, 6.45) is 1.68. The fraction of sp³-hybridized carbons (Fsp3) is 0.0417. The zero-order chi connectivity index (χ0) is 22.7. The molecule has 0 aromatic heterocycles. The number of halogens is 1. The van der Waals surface area contributed by atoms with Gasteiger partial charge < -0.3 is 15.5 Å². The van der Waals surface area contributed by atoms with Crippen molar-refractivity contribution in [2.45, 2.75) is 6.42 Å². The average molecular weight is 448 g/mol. The van der Waals surface area contributed by atoms with Crippen molar-refractivity contribution in [2.75, 3.05) is 0 Å². The molecule has 3 aromatic rings. The highest BCUT2D eigenvalue weighted by molar-refractivity contribution is 8.18. The van der Waals surface area contributed by atoms with E-state index in [9.17, 15) is 19.1 Å². The molecule has 1 heterocycles. The van der Waals surface area contributed by atoms with Gasteiger partial charge in [0.15, 0.2) is 16.7 Å². The van der Waals surface area contributed by atoms with Crippen LogP contribution in [0.15, 0.2) is 76.6 Å². The third-order valence-corrected chi connectivity index (χ3v) is 5.57. The van der Waals surface area contributed by atoms with E-state index < -0.39 is 17.5 Å². The van der Waals surface area contributed by atoms with Crippen LogP contribution in [0.4, 0.5) is 10.1 Å². The smallest absolute Gasteiger partial charge is 0.307 e. The highest BCUT2D eigenvalue weighted by Gasteiger charge is 2.23. The van der Waals surface area contributed by atoms with Crippen molar-refractivity contribution in [3.05, 3.63) is 88.6 Å². The van der Waals surface area contributed by atoms with Gasteiger partial charge in [-0.1, -0.05) is 42.5 Å². The summed E-state index contributed by atoms with van der Waals surface area (Å²) < 4.78 is 13.6. The van der Waals surface area contributed by atoms with Crippen LogP contribution in [0.1, 0.15) is 11.1 Å². The Balaban J connectivity index is 1.47. The molecule has 1 fully saturated rings. The number of carbonyl (C=O) groups excluding carboxylic acids is 1. The lowest BCUT2D eigenvalue weighted by Crippen LogP contribution is -2.19. The number of thioether (sulfide) groups is 1. The van der Waals surface area contributed by atoms with Gasteiger partial charge in [0, 0.05) is 0 Å². The number of aliphatic carboxylic acids is 1. The van der Waals surface area contributed by atoms with Crippen molar-refractivity contribution < 1.29 is 24.2 Å². The molecule has 3 N–H and O–H groups in total. The maximum atomic E-state index is 13.6. The molecule has 0 radical (unpaired) electrons. The number of aromatic hydroxyl groups is 1. The third-order valence-electron chi connectivity index (χ3n) is 4.66. The van der Waals surface area contributed by atoms with Gasteiger partial charge in [0.25, 0.3) is 5.91 Å². The minimum absolute atomic E-state index is 0.0598. The quantitative estimate of drug-likeness (QED) is 0.491. The summed E-state index contributed by atoms with van der Waals surface area (Å²) in [5, 5.41) is 21.3. The molecule has 1 aliphatic heterocycles. The second-order valence-electron chi connectivity index (χ2n) is 7.01. The highest BCUT2D eigenvalue weighted by Crippen LogP contribution is 2.29. The first-order chi connectivity index (χ1) is 15.4. The van der Waals surface area contributed by atoms with E-state index in [4.69, 9.17) is 5.11 Å². The van der Waals surface area contributed by atoms with Crippen LogP contribution in [0.2, 0.25) is 0 Å². The largest absolute Gasteiger partial charge is 0.505 e. The first kappa shape index (κ1) is 21.3. The number of carboxylic acids is 1. The molecule has 1 amide bonds. The van der Waals surface area contributed by atoms with E-state index in [0.29, 0.717) is 26.9 Å². The van der Waals surface area contributed by atoms with E-state index in [-0.39, 0.29) is 12.3 Å². The van der Waals surface area contributed by atoms with E-state index >= 15 is 0 Å². The molecular formula is C24H17FN2O4S. The number of benzene rings is 3. The lowest BCUT2D eigenvalue weighted by Gasteiger charge is -2.04. The number of amidine groups is 1. The van der Waals surface area contributed by atoms with Gasteiger partial charge in [-0.05, 0) is 64.4 Å². The monoisotopic (exact) mass is 448 g/mol. The minimum Gasteiger partial charge on any atom is -0.505 e. The van der Waals surface area contributed by atoms with Crippen molar-refractivity contribution >= 4 is 40.6 Å². The first-order valence-corrected chi connectivity index (χ1v) is 10.4. The maximum absolute atomic E-state index is 13.6. The Morgan fingerprint density at radius 3 is 2.38 bits per heavy atom. The van der Waals surface area contributed by atoms with Crippen molar-refractivity contribution in [1.82, 2.24) is 5.32 Å². The van der Waals surface area contributed by atoms with Crippen LogP contribution < -0.4 is 5.32 Å². The molecule has 0 spiro atoms. The summed E-state index contributed by atoms with van der Waals surface area (Å²) in [4.78, 5) is 27.9. The van der Waals surface area contributed by atoms with Gasteiger partial charge in [0.2, 0.25) is 0 Å². The number of nitrogens with zero attached hydrogens (tertiary/aromatic N) is 1. The van der Waals surface area contributed by atoms with Gasteiger partial charge in [-0.2, -0.15) is 0 Å². The number of hydrogen-bond acceptors (Lipinski definition) is 5. The first-order valence-electron chi connectivity index (χ1n) is 9.57. The molecule has 1 saturated heterocycles. The summed E-state index contributed by atoms with van der Waals surface area (Å²) in [5.41, 5.74) is 3.49. The molecular weight excluding hydrogens is 431 g/mol. The van der Waals surface area contributed by atoms with Crippen LogP contribution in [0.25, 0.3) is 17.2 Å². The van der Waals surface area contributed by atoms with Crippen LogP contribution >= 0.6 is 11.8 Å². The van der Waals surface area contributed by atoms with Crippen LogP contribution in [-0.2, 0) is 16.0 Å². The van der Waals surface area contributed by atoms with Gasteiger partial charge >= 0.3 is 5.97 Å². The molecule has 0 atom stereocenters. The van der Waals surface area contributed by atoms with Crippen molar-refractivity contribution in [1.29, 1.82) is 0 Å². The number of phenols is 1. The Morgan fingerprint density at radius 1 is 1.03 bits per heavy atom. The summed E-state index contributed by atoms with van der Waals surface area (Å²) in [6.45, 7) is 0.